The van der Waals surface area contributed by atoms with E-state index < -0.39 is 7.12 Å². The summed E-state index contributed by atoms with van der Waals surface area (Å²) in [6.07, 6.45) is 3.31. The molecule has 18 heavy (non-hydrogen) atoms. The highest BCUT2D eigenvalue weighted by Gasteiger charge is 2.27. The van der Waals surface area contributed by atoms with Crippen LogP contribution in [-0.2, 0) is 11.3 Å². The maximum Gasteiger partial charge on any atom is 0.491 e. The molecule has 1 fully saturated rings. The van der Waals surface area contributed by atoms with Crippen LogP contribution in [0, 0.1) is 0 Å². The lowest BCUT2D eigenvalue weighted by Gasteiger charge is -2.26. The summed E-state index contributed by atoms with van der Waals surface area (Å²) in [5.41, 5.74) is 2.37. The zero-order valence-corrected chi connectivity index (χ0v) is 9.98. The van der Waals surface area contributed by atoms with Crippen LogP contribution in [0.2, 0.25) is 0 Å². The SMILES string of the molecule is O=C(Nc1ccc2c(c1)B(O)OC2)NC1CCC1. The fraction of sp³-hybridized carbons (Fsp3) is 0.417. The van der Waals surface area contributed by atoms with Gasteiger partial charge in [0.25, 0.3) is 0 Å². The molecule has 1 aliphatic heterocycles. The molecule has 2 amide bonds. The Morgan fingerprint density at radius 2 is 2.28 bits per heavy atom. The van der Waals surface area contributed by atoms with Crippen LogP contribution in [0.15, 0.2) is 18.2 Å². The van der Waals surface area contributed by atoms with E-state index in [0.29, 0.717) is 18.3 Å². The third-order valence-electron chi connectivity index (χ3n) is 3.51. The molecular weight excluding hydrogens is 231 g/mol. The summed E-state index contributed by atoms with van der Waals surface area (Å²) >= 11 is 0. The normalized spacial score (nSPS) is 18.2. The second-order valence-corrected chi connectivity index (χ2v) is 4.80. The number of carbonyl (C=O) groups excluding carboxylic acids is 1. The molecule has 0 atom stereocenters. The first-order valence-electron chi connectivity index (χ1n) is 6.22. The van der Waals surface area contributed by atoms with Crippen LogP contribution in [0.4, 0.5) is 10.5 Å². The minimum Gasteiger partial charge on any atom is -0.423 e. The van der Waals surface area contributed by atoms with Gasteiger partial charge in [0.1, 0.15) is 0 Å². The molecule has 5 nitrogen and oxygen atoms in total. The van der Waals surface area contributed by atoms with Crippen molar-refractivity contribution < 1.29 is 14.5 Å². The Hall–Kier alpha value is -1.53. The molecule has 2 aliphatic rings. The van der Waals surface area contributed by atoms with E-state index >= 15 is 0 Å². The molecule has 0 unspecified atom stereocenters. The molecule has 0 aromatic heterocycles. The van der Waals surface area contributed by atoms with Crippen molar-refractivity contribution in [1.29, 1.82) is 0 Å². The Morgan fingerprint density at radius 1 is 1.44 bits per heavy atom. The van der Waals surface area contributed by atoms with Crippen LogP contribution in [0.25, 0.3) is 0 Å². The van der Waals surface area contributed by atoms with Gasteiger partial charge in [-0.2, -0.15) is 0 Å². The summed E-state index contributed by atoms with van der Waals surface area (Å²) in [6.45, 7) is 0.422. The van der Waals surface area contributed by atoms with Crippen LogP contribution >= 0.6 is 0 Å². The standard InChI is InChI=1S/C12H15BN2O3/c16-12(14-9-2-1-3-9)15-10-5-4-8-7-18-13(17)11(8)6-10/h4-6,9,17H,1-3,7H2,(H2,14,15,16). The third kappa shape index (κ3) is 2.21. The molecule has 0 saturated heterocycles. The summed E-state index contributed by atoms with van der Waals surface area (Å²) in [5.74, 6) is 0. The lowest BCUT2D eigenvalue weighted by Crippen LogP contribution is -2.42. The lowest BCUT2D eigenvalue weighted by atomic mass is 9.79. The first-order valence-corrected chi connectivity index (χ1v) is 6.22. The molecule has 1 saturated carbocycles. The van der Waals surface area contributed by atoms with Crippen LogP contribution in [0.1, 0.15) is 24.8 Å². The molecule has 94 valence electrons. The Bertz CT molecular complexity index is 476. The van der Waals surface area contributed by atoms with Gasteiger partial charge >= 0.3 is 13.1 Å². The average Bonchev–Trinajstić information content (AvgIpc) is 2.66. The Labute approximate surface area is 106 Å². The highest BCUT2D eigenvalue weighted by atomic mass is 16.5. The minimum atomic E-state index is -0.878. The summed E-state index contributed by atoms with van der Waals surface area (Å²) in [4.78, 5) is 11.7. The number of rotatable bonds is 2. The molecule has 3 N–H and O–H groups in total. The maximum atomic E-state index is 11.7. The van der Waals surface area contributed by atoms with Crippen molar-refractivity contribution in [2.75, 3.05) is 5.32 Å². The molecule has 6 heteroatoms. The molecule has 0 spiro atoms. The van der Waals surface area contributed by atoms with Gasteiger partial charge in [-0.05, 0) is 42.4 Å². The first-order chi connectivity index (χ1) is 8.72. The van der Waals surface area contributed by atoms with E-state index in [9.17, 15) is 9.82 Å². The zero-order valence-electron chi connectivity index (χ0n) is 9.98. The smallest absolute Gasteiger partial charge is 0.423 e. The Morgan fingerprint density at radius 3 is 3.00 bits per heavy atom. The van der Waals surface area contributed by atoms with E-state index in [0.717, 1.165) is 23.9 Å². The van der Waals surface area contributed by atoms with Crippen molar-refractivity contribution in [2.45, 2.75) is 31.9 Å². The second-order valence-electron chi connectivity index (χ2n) is 4.80. The monoisotopic (exact) mass is 246 g/mol. The number of carbonyl (C=O) groups is 1. The topological polar surface area (TPSA) is 70.6 Å². The van der Waals surface area contributed by atoms with Gasteiger partial charge in [-0.1, -0.05) is 6.07 Å². The van der Waals surface area contributed by atoms with Gasteiger partial charge in [0.2, 0.25) is 0 Å². The van der Waals surface area contributed by atoms with E-state index in [2.05, 4.69) is 10.6 Å². The molecular formula is C12H15BN2O3. The van der Waals surface area contributed by atoms with Crippen LogP contribution < -0.4 is 16.1 Å². The van der Waals surface area contributed by atoms with Gasteiger partial charge in [0.15, 0.2) is 0 Å². The van der Waals surface area contributed by atoms with E-state index in [4.69, 9.17) is 4.65 Å². The summed E-state index contributed by atoms with van der Waals surface area (Å²) in [6, 6.07) is 5.57. The number of anilines is 1. The van der Waals surface area contributed by atoms with Gasteiger partial charge in [-0.15, -0.1) is 0 Å². The number of hydrogen-bond donors (Lipinski definition) is 3. The zero-order chi connectivity index (χ0) is 12.5. The van der Waals surface area contributed by atoms with E-state index in [1.807, 2.05) is 12.1 Å². The lowest BCUT2D eigenvalue weighted by molar-refractivity contribution is 0.240. The predicted molar refractivity (Wildman–Crippen MR) is 68.6 cm³/mol. The van der Waals surface area contributed by atoms with Gasteiger partial charge < -0.3 is 20.3 Å². The largest absolute Gasteiger partial charge is 0.491 e. The molecule has 1 aromatic rings. The van der Waals surface area contributed by atoms with Crippen molar-refractivity contribution in [3.05, 3.63) is 23.8 Å². The van der Waals surface area contributed by atoms with Crippen molar-refractivity contribution in [1.82, 2.24) is 5.32 Å². The van der Waals surface area contributed by atoms with Crippen LogP contribution in [-0.4, -0.2) is 24.2 Å². The Balaban J connectivity index is 1.65. The van der Waals surface area contributed by atoms with E-state index in [1.165, 1.54) is 6.42 Å². The summed E-state index contributed by atoms with van der Waals surface area (Å²) in [5, 5.41) is 15.3. The first kappa shape index (κ1) is 11.6. The van der Waals surface area contributed by atoms with Crippen molar-refractivity contribution in [3.63, 3.8) is 0 Å². The Kier molecular flexibility index (Phi) is 2.97. The van der Waals surface area contributed by atoms with Gasteiger partial charge in [0.05, 0.1) is 6.61 Å². The fourth-order valence-corrected chi connectivity index (χ4v) is 2.20. The second kappa shape index (κ2) is 4.63. The number of benzene rings is 1. The van der Waals surface area contributed by atoms with E-state index in [1.54, 1.807) is 6.07 Å². The van der Waals surface area contributed by atoms with Crippen molar-refractivity contribution in [3.8, 4) is 0 Å². The minimum absolute atomic E-state index is 0.187. The maximum absolute atomic E-state index is 11.7. The highest BCUT2D eigenvalue weighted by Crippen LogP contribution is 2.18. The molecule has 0 bridgehead atoms. The number of urea groups is 1. The number of hydrogen-bond acceptors (Lipinski definition) is 3. The molecule has 1 aromatic carbocycles. The fourth-order valence-electron chi connectivity index (χ4n) is 2.20. The van der Waals surface area contributed by atoms with Gasteiger partial charge in [-0.25, -0.2) is 4.79 Å². The number of fused-ring (bicyclic) bond motifs is 1. The van der Waals surface area contributed by atoms with Crippen molar-refractivity contribution >= 4 is 24.3 Å². The quantitative estimate of drug-likeness (QED) is 0.668. The molecule has 1 heterocycles. The number of amides is 2. The third-order valence-corrected chi connectivity index (χ3v) is 3.51. The van der Waals surface area contributed by atoms with Gasteiger partial charge in [-0.3, -0.25) is 0 Å². The van der Waals surface area contributed by atoms with Crippen LogP contribution in [0.3, 0.4) is 0 Å². The molecule has 0 radical (unpaired) electrons. The predicted octanol–water partition coefficient (Wildman–Crippen LogP) is 0.578. The average molecular weight is 246 g/mol. The number of nitrogens with one attached hydrogen (secondary N) is 2. The van der Waals surface area contributed by atoms with Crippen LogP contribution in [0.5, 0.6) is 0 Å². The van der Waals surface area contributed by atoms with Crippen molar-refractivity contribution in [2.24, 2.45) is 0 Å². The van der Waals surface area contributed by atoms with E-state index in [-0.39, 0.29) is 6.03 Å². The molecule has 3 rings (SSSR count). The van der Waals surface area contributed by atoms with Gasteiger partial charge in [0, 0.05) is 11.7 Å². The highest BCUT2D eigenvalue weighted by molar-refractivity contribution is 6.61. The molecule has 1 aliphatic carbocycles. The summed E-state index contributed by atoms with van der Waals surface area (Å²) < 4.78 is 5.10. The summed E-state index contributed by atoms with van der Waals surface area (Å²) in [7, 11) is -0.878.